The van der Waals surface area contributed by atoms with Crippen molar-refractivity contribution in [2.24, 2.45) is 0 Å². The standard InChI is InChI=1S/C18H28N2O/c1-14(2)17-9-8-16(12-15(17)3)21-11-7-6-10-18(4,13-19)20-5/h8-9,12,14,20H,6-7,10-11H2,1-5H3. The van der Waals surface area contributed by atoms with Gasteiger partial charge in [-0.2, -0.15) is 5.26 Å². The number of nitrogens with zero attached hydrogens (tertiary/aromatic N) is 1. The summed E-state index contributed by atoms with van der Waals surface area (Å²) >= 11 is 0. The lowest BCUT2D eigenvalue weighted by atomic mass is 9.97. The van der Waals surface area contributed by atoms with Crippen LogP contribution < -0.4 is 10.1 Å². The van der Waals surface area contributed by atoms with Gasteiger partial charge in [0.2, 0.25) is 0 Å². The number of unbranched alkanes of at least 4 members (excludes halogenated alkanes) is 1. The molecule has 3 nitrogen and oxygen atoms in total. The van der Waals surface area contributed by atoms with Gasteiger partial charge in [0.25, 0.3) is 0 Å². The summed E-state index contributed by atoms with van der Waals surface area (Å²) in [6.45, 7) is 9.18. The zero-order valence-corrected chi connectivity index (χ0v) is 14.0. The van der Waals surface area contributed by atoms with Gasteiger partial charge in [-0.15, -0.1) is 0 Å². The lowest BCUT2D eigenvalue weighted by molar-refractivity contribution is 0.297. The Morgan fingerprint density at radius 3 is 2.57 bits per heavy atom. The molecule has 0 bridgehead atoms. The number of ether oxygens (including phenoxy) is 1. The minimum atomic E-state index is -0.421. The average Bonchev–Trinajstić information content (AvgIpc) is 2.46. The van der Waals surface area contributed by atoms with E-state index in [1.807, 2.05) is 14.0 Å². The highest BCUT2D eigenvalue weighted by molar-refractivity contribution is 5.36. The van der Waals surface area contributed by atoms with Gasteiger partial charge >= 0.3 is 0 Å². The second kappa shape index (κ2) is 8.05. The van der Waals surface area contributed by atoms with Crippen LogP contribution in [0.3, 0.4) is 0 Å². The Hall–Kier alpha value is -1.53. The first-order valence-corrected chi connectivity index (χ1v) is 7.75. The van der Waals surface area contributed by atoms with E-state index >= 15 is 0 Å². The quantitative estimate of drug-likeness (QED) is 0.730. The molecule has 1 rings (SSSR count). The molecule has 1 N–H and O–H groups in total. The Morgan fingerprint density at radius 1 is 1.33 bits per heavy atom. The number of nitrogens with one attached hydrogen (secondary N) is 1. The van der Waals surface area contributed by atoms with Crippen LogP contribution in [0.25, 0.3) is 0 Å². The molecule has 0 fully saturated rings. The highest BCUT2D eigenvalue weighted by Gasteiger charge is 2.19. The molecule has 0 spiro atoms. The minimum absolute atomic E-state index is 0.421. The summed E-state index contributed by atoms with van der Waals surface area (Å²) in [4.78, 5) is 0. The molecule has 0 aromatic heterocycles. The number of benzene rings is 1. The van der Waals surface area contributed by atoms with Gasteiger partial charge in [0.05, 0.1) is 12.7 Å². The second-order valence-corrected chi connectivity index (χ2v) is 6.17. The fourth-order valence-electron chi connectivity index (χ4n) is 2.39. The second-order valence-electron chi connectivity index (χ2n) is 6.17. The van der Waals surface area contributed by atoms with Crippen LogP contribution >= 0.6 is 0 Å². The molecule has 0 aliphatic rings. The van der Waals surface area contributed by atoms with Crippen molar-refractivity contribution in [1.82, 2.24) is 5.32 Å². The molecule has 0 saturated carbocycles. The maximum atomic E-state index is 9.08. The van der Waals surface area contributed by atoms with Gasteiger partial charge in [-0.25, -0.2) is 0 Å². The van der Waals surface area contributed by atoms with Crippen LogP contribution in [0.2, 0.25) is 0 Å². The van der Waals surface area contributed by atoms with Crippen molar-refractivity contribution < 1.29 is 4.74 Å². The fraction of sp³-hybridized carbons (Fsp3) is 0.611. The van der Waals surface area contributed by atoms with E-state index in [-0.39, 0.29) is 0 Å². The van der Waals surface area contributed by atoms with Crippen LogP contribution in [0.4, 0.5) is 0 Å². The molecule has 0 radical (unpaired) electrons. The van der Waals surface area contributed by atoms with Crippen molar-refractivity contribution in [1.29, 1.82) is 5.26 Å². The SMILES string of the molecule is CNC(C)(C#N)CCCCOc1ccc(C(C)C)c(C)c1. The highest BCUT2D eigenvalue weighted by Crippen LogP contribution is 2.23. The van der Waals surface area contributed by atoms with Crippen molar-refractivity contribution in [2.45, 2.75) is 58.4 Å². The van der Waals surface area contributed by atoms with Crippen LogP contribution in [-0.4, -0.2) is 19.2 Å². The van der Waals surface area contributed by atoms with E-state index in [1.165, 1.54) is 11.1 Å². The molecular formula is C18H28N2O. The summed E-state index contributed by atoms with van der Waals surface area (Å²) in [7, 11) is 1.83. The van der Waals surface area contributed by atoms with Crippen LogP contribution in [0, 0.1) is 18.3 Å². The van der Waals surface area contributed by atoms with E-state index in [0.29, 0.717) is 12.5 Å². The summed E-state index contributed by atoms with van der Waals surface area (Å²) < 4.78 is 5.80. The number of hydrogen-bond acceptors (Lipinski definition) is 3. The van der Waals surface area contributed by atoms with Crippen LogP contribution in [-0.2, 0) is 0 Å². The number of aryl methyl sites for hydroxylation is 1. The lowest BCUT2D eigenvalue weighted by Gasteiger charge is -2.20. The topological polar surface area (TPSA) is 45.0 Å². The first kappa shape index (κ1) is 17.5. The third-order valence-corrected chi connectivity index (χ3v) is 4.00. The Balaban J connectivity index is 2.37. The first-order chi connectivity index (χ1) is 9.91. The van der Waals surface area contributed by atoms with Gasteiger partial charge in [-0.1, -0.05) is 19.9 Å². The van der Waals surface area contributed by atoms with Gasteiger partial charge in [0, 0.05) is 0 Å². The molecule has 21 heavy (non-hydrogen) atoms. The molecule has 3 heteroatoms. The summed E-state index contributed by atoms with van der Waals surface area (Å²) in [6, 6.07) is 8.63. The van der Waals surface area contributed by atoms with Gasteiger partial charge in [0.1, 0.15) is 11.3 Å². The highest BCUT2D eigenvalue weighted by atomic mass is 16.5. The van der Waals surface area contributed by atoms with E-state index in [2.05, 4.69) is 50.4 Å². The summed E-state index contributed by atoms with van der Waals surface area (Å²) in [6.07, 6.45) is 2.78. The molecule has 0 aliphatic heterocycles. The molecule has 0 aliphatic carbocycles. The predicted molar refractivity (Wildman–Crippen MR) is 87.7 cm³/mol. The number of nitriles is 1. The molecule has 0 amide bonds. The van der Waals surface area contributed by atoms with Crippen molar-refractivity contribution >= 4 is 0 Å². The van der Waals surface area contributed by atoms with Crippen molar-refractivity contribution in [3.63, 3.8) is 0 Å². The van der Waals surface area contributed by atoms with E-state index < -0.39 is 5.54 Å². The molecule has 0 saturated heterocycles. The van der Waals surface area contributed by atoms with E-state index in [4.69, 9.17) is 10.00 Å². The Labute approximate surface area is 129 Å². The normalized spacial score (nSPS) is 13.8. The maximum Gasteiger partial charge on any atom is 0.119 e. The van der Waals surface area contributed by atoms with Crippen LogP contribution in [0.15, 0.2) is 18.2 Å². The largest absolute Gasteiger partial charge is 0.494 e. The lowest BCUT2D eigenvalue weighted by Crippen LogP contribution is -2.37. The molecule has 1 aromatic rings. The predicted octanol–water partition coefficient (Wildman–Crippen LogP) is 4.17. The monoisotopic (exact) mass is 288 g/mol. The van der Waals surface area contributed by atoms with E-state index in [0.717, 1.165) is 25.0 Å². The molecule has 1 unspecified atom stereocenters. The molecule has 116 valence electrons. The Bertz CT molecular complexity index is 490. The molecule has 1 atom stereocenters. The Kier molecular flexibility index (Phi) is 6.71. The third kappa shape index (κ3) is 5.40. The molecule has 1 aromatic carbocycles. The van der Waals surface area contributed by atoms with Crippen molar-refractivity contribution in [2.75, 3.05) is 13.7 Å². The van der Waals surface area contributed by atoms with Crippen LogP contribution in [0.1, 0.15) is 57.1 Å². The maximum absolute atomic E-state index is 9.08. The zero-order valence-electron chi connectivity index (χ0n) is 14.0. The fourth-order valence-corrected chi connectivity index (χ4v) is 2.39. The minimum Gasteiger partial charge on any atom is -0.494 e. The first-order valence-electron chi connectivity index (χ1n) is 7.75. The van der Waals surface area contributed by atoms with E-state index in [1.54, 1.807) is 0 Å². The zero-order chi connectivity index (χ0) is 15.9. The van der Waals surface area contributed by atoms with Gasteiger partial charge in [-0.05, 0) is 69.3 Å². The molecule has 0 heterocycles. The van der Waals surface area contributed by atoms with Gasteiger partial charge in [0.15, 0.2) is 0 Å². The number of hydrogen-bond donors (Lipinski definition) is 1. The smallest absolute Gasteiger partial charge is 0.119 e. The third-order valence-electron chi connectivity index (χ3n) is 4.00. The Morgan fingerprint density at radius 2 is 2.05 bits per heavy atom. The van der Waals surface area contributed by atoms with Crippen molar-refractivity contribution in [3.05, 3.63) is 29.3 Å². The van der Waals surface area contributed by atoms with Crippen molar-refractivity contribution in [3.8, 4) is 11.8 Å². The summed E-state index contributed by atoms with van der Waals surface area (Å²) in [5.74, 6) is 1.48. The molecular weight excluding hydrogens is 260 g/mol. The summed E-state index contributed by atoms with van der Waals surface area (Å²) in [5, 5.41) is 12.1. The van der Waals surface area contributed by atoms with Crippen LogP contribution in [0.5, 0.6) is 5.75 Å². The average molecular weight is 288 g/mol. The van der Waals surface area contributed by atoms with E-state index in [9.17, 15) is 0 Å². The summed E-state index contributed by atoms with van der Waals surface area (Å²) in [5.41, 5.74) is 2.24. The van der Waals surface area contributed by atoms with Gasteiger partial charge < -0.3 is 10.1 Å². The number of rotatable bonds is 8. The van der Waals surface area contributed by atoms with Gasteiger partial charge in [-0.3, -0.25) is 0 Å².